The Labute approximate surface area is 134 Å². The van der Waals surface area contributed by atoms with E-state index in [1.165, 1.54) is 25.7 Å². The highest BCUT2D eigenvalue weighted by Crippen LogP contribution is 2.39. The molecule has 1 aliphatic rings. The van der Waals surface area contributed by atoms with Gasteiger partial charge in [-0.3, -0.25) is 4.68 Å². The molecule has 112 valence electrons. The van der Waals surface area contributed by atoms with E-state index in [0.29, 0.717) is 27.0 Å². The Balaban J connectivity index is 1.88. The first-order chi connectivity index (χ1) is 9.97. The van der Waals surface area contributed by atoms with Gasteiger partial charge in [-0.2, -0.15) is 5.10 Å². The number of halogens is 2. The summed E-state index contributed by atoms with van der Waals surface area (Å²) in [6.45, 7) is 3.25. The fraction of sp³-hybridized carbons (Fsp3) is 0.467. The molecule has 2 N–H and O–H groups in total. The van der Waals surface area contributed by atoms with Crippen LogP contribution in [0.3, 0.4) is 0 Å². The van der Waals surface area contributed by atoms with Crippen molar-refractivity contribution in [3.8, 4) is 11.1 Å². The van der Waals surface area contributed by atoms with Crippen LogP contribution >= 0.6 is 23.2 Å². The van der Waals surface area contributed by atoms with Gasteiger partial charge in [0.1, 0.15) is 10.3 Å². The lowest BCUT2D eigenvalue weighted by atomic mass is 9.89. The van der Waals surface area contributed by atoms with E-state index >= 15 is 0 Å². The standard InChI is InChI=1S/C15H18Cl2N4/c1-15(4-2-3-5-15)9-21-8-10(7-19-21)13-11(18)6-12(16)20-14(13)17/h6-8H,2-5,9H2,1H3,(H2,18,20). The van der Waals surface area contributed by atoms with E-state index < -0.39 is 0 Å². The van der Waals surface area contributed by atoms with Crippen molar-refractivity contribution in [2.45, 2.75) is 39.2 Å². The molecule has 2 aromatic rings. The van der Waals surface area contributed by atoms with Crippen LogP contribution in [0.25, 0.3) is 11.1 Å². The second-order valence-electron chi connectivity index (χ2n) is 6.14. The second kappa shape index (κ2) is 5.50. The molecule has 1 saturated carbocycles. The van der Waals surface area contributed by atoms with Gasteiger partial charge in [0.05, 0.1) is 6.20 Å². The van der Waals surface area contributed by atoms with E-state index in [0.717, 1.165) is 12.1 Å². The Morgan fingerprint density at radius 1 is 1.33 bits per heavy atom. The first-order valence-corrected chi connectivity index (χ1v) is 7.87. The quantitative estimate of drug-likeness (QED) is 0.850. The fourth-order valence-corrected chi connectivity index (χ4v) is 3.70. The molecule has 0 aromatic carbocycles. The first-order valence-electron chi connectivity index (χ1n) is 7.11. The minimum atomic E-state index is 0.298. The molecule has 0 saturated heterocycles. The van der Waals surface area contributed by atoms with Crippen LogP contribution in [0.15, 0.2) is 18.5 Å². The number of nitrogens with zero attached hydrogens (tertiary/aromatic N) is 3. The van der Waals surface area contributed by atoms with Crippen molar-refractivity contribution in [2.75, 3.05) is 5.73 Å². The van der Waals surface area contributed by atoms with Crippen molar-refractivity contribution in [3.05, 3.63) is 28.8 Å². The van der Waals surface area contributed by atoms with Crippen molar-refractivity contribution in [1.82, 2.24) is 14.8 Å². The number of anilines is 1. The zero-order valence-electron chi connectivity index (χ0n) is 11.9. The van der Waals surface area contributed by atoms with Crippen LogP contribution in [0, 0.1) is 5.41 Å². The molecule has 0 spiro atoms. The topological polar surface area (TPSA) is 56.7 Å². The maximum Gasteiger partial charge on any atom is 0.140 e. The number of nitrogens with two attached hydrogens (primary N) is 1. The molecule has 0 bridgehead atoms. The molecule has 2 heterocycles. The third-order valence-corrected chi connectivity index (χ3v) is 4.72. The monoisotopic (exact) mass is 324 g/mol. The van der Waals surface area contributed by atoms with Crippen LogP contribution in [0.4, 0.5) is 5.69 Å². The smallest absolute Gasteiger partial charge is 0.140 e. The van der Waals surface area contributed by atoms with Gasteiger partial charge < -0.3 is 5.73 Å². The van der Waals surface area contributed by atoms with E-state index in [2.05, 4.69) is 17.0 Å². The Hall–Kier alpha value is -1.26. The van der Waals surface area contributed by atoms with Crippen molar-refractivity contribution in [2.24, 2.45) is 5.41 Å². The summed E-state index contributed by atoms with van der Waals surface area (Å²) in [5, 5.41) is 5.06. The average molecular weight is 325 g/mol. The third-order valence-electron chi connectivity index (χ3n) is 4.25. The maximum atomic E-state index is 6.16. The van der Waals surface area contributed by atoms with Crippen LogP contribution in [-0.2, 0) is 6.54 Å². The van der Waals surface area contributed by atoms with Crippen molar-refractivity contribution in [3.63, 3.8) is 0 Å². The van der Waals surface area contributed by atoms with Gasteiger partial charge in [0.15, 0.2) is 0 Å². The highest BCUT2D eigenvalue weighted by Gasteiger charge is 2.29. The minimum Gasteiger partial charge on any atom is -0.398 e. The van der Waals surface area contributed by atoms with Gasteiger partial charge in [-0.25, -0.2) is 4.98 Å². The molecular formula is C15H18Cl2N4. The summed E-state index contributed by atoms with van der Waals surface area (Å²) in [7, 11) is 0. The first kappa shape index (κ1) is 14.7. The van der Waals surface area contributed by atoms with Gasteiger partial charge in [0, 0.05) is 29.6 Å². The van der Waals surface area contributed by atoms with E-state index in [1.54, 1.807) is 12.3 Å². The molecule has 0 amide bonds. The molecule has 0 radical (unpaired) electrons. The van der Waals surface area contributed by atoms with Gasteiger partial charge in [0.2, 0.25) is 0 Å². The summed E-state index contributed by atoms with van der Waals surface area (Å²) in [6, 6.07) is 1.61. The molecule has 0 atom stereocenters. The normalized spacial score (nSPS) is 17.3. The summed E-state index contributed by atoms with van der Waals surface area (Å²) in [4.78, 5) is 4.05. The lowest BCUT2D eigenvalue weighted by Crippen LogP contribution is -2.19. The Morgan fingerprint density at radius 3 is 2.71 bits per heavy atom. The number of nitrogen functional groups attached to an aromatic ring is 1. The average Bonchev–Trinajstić information content (AvgIpc) is 2.98. The van der Waals surface area contributed by atoms with Crippen LogP contribution in [0.5, 0.6) is 0 Å². The molecule has 1 fully saturated rings. The highest BCUT2D eigenvalue weighted by molar-refractivity contribution is 6.35. The van der Waals surface area contributed by atoms with Gasteiger partial charge in [0.25, 0.3) is 0 Å². The fourth-order valence-electron chi connectivity index (χ4n) is 3.14. The summed E-state index contributed by atoms with van der Waals surface area (Å²) in [6.07, 6.45) is 8.90. The molecular weight excluding hydrogens is 307 g/mol. The number of aromatic nitrogens is 3. The van der Waals surface area contributed by atoms with Gasteiger partial charge >= 0.3 is 0 Å². The van der Waals surface area contributed by atoms with Crippen molar-refractivity contribution < 1.29 is 0 Å². The Bertz CT molecular complexity index is 636. The van der Waals surface area contributed by atoms with Crippen LogP contribution in [0.2, 0.25) is 10.3 Å². The maximum absolute atomic E-state index is 6.16. The molecule has 1 aliphatic carbocycles. The highest BCUT2D eigenvalue weighted by atomic mass is 35.5. The summed E-state index contributed by atoms with van der Waals surface area (Å²) >= 11 is 12.0. The molecule has 21 heavy (non-hydrogen) atoms. The zero-order chi connectivity index (χ0) is 15.0. The number of hydrogen-bond acceptors (Lipinski definition) is 3. The summed E-state index contributed by atoms with van der Waals surface area (Å²) in [5.74, 6) is 0. The largest absolute Gasteiger partial charge is 0.398 e. The van der Waals surface area contributed by atoms with Crippen LogP contribution in [-0.4, -0.2) is 14.8 Å². The predicted molar refractivity (Wildman–Crippen MR) is 86.5 cm³/mol. The molecule has 4 nitrogen and oxygen atoms in total. The molecule has 0 aliphatic heterocycles. The summed E-state index contributed by atoms with van der Waals surface area (Å²) < 4.78 is 1.98. The Morgan fingerprint density at radius 2 is 2.05 bits per heavy atom. The van der Waals surface area contributed by atoms with E-state index in [9.17, 15) is 0 Å². The van der Waals surface area contributed by atoms with Gasteiger partial charge in [-0.1, -0.05) is 43.0 Å². The molecule has 6 heteroatoms. The number of pyridine rings is 1. The molecule has 0 unspecified atom stereocenters. The lowest BCUT2D eigenvalue weighted by Gasteiger charge is -2.22. The minimum absolute atomic E-state index is 0.298. The van der Waals surface area contributed by atoms with Crippen LogP contribution in [0.1, 0.15) is 32.6 Å². The second-order valence-corrected chi connectivity index (χ2v) is 6.89. The van der Waals surface area contributed by atoms with E-state index in [1.807, 2.05) is 10.9 Å². The van der Waals surface area contributed by atoms with Crippen molar-refractivity contribution >= 4 is 28.9 Å². The lowest BCUT2D eigenvalue weighted by molar-refractivity contribution is 0.268. The van der Waals surface area contributed by atoms with Crippen LogP contribution < -0.4 is 5.73 Å². The molecule has 3 rings (SSSR count). The van der Waals surface area contributed by atoms with Crippen molar-refractivity contribution in [1.29, 1.82) is 0 Å². The Kier molecular flexibility index (Phi) is 3.84. The van der Waals surface area contributed by atoms with E-state index in [4.69, 9.17) is 28.9 Å². The zero-order valence-corrected chi connectivity index (χ0v) is 13.5. The number of rotatable bonds is 3. The number of hydrogen-bond donors (Lipinski definition) is 1. The SMILES string of the molecule is CC1(Cn2cc(-c3c(N)cc(Cl)nc3Cl)cn2)CCCC1. The van der Waals surface area contributed by atoms with E-state index in [-0.39, 0.29) is 0 Å². The van der Waals surface area contributed by atoms with Gasteiger partial charge in [-0.15, -0.1) is 0 Å². The molecule has 2 aromatic heterocycles. The summed E-state index contributed by atoms with van der Waals surface area (Å²) in [5.41, 5.74) is 8.45. The third kappa shape index (κ3) is 3.01. The van der Waals surface area contributed by atoms with Gasteiger partial charge in [-0.05, 0) is 24.3 Å². The predicted octanol–water partition coefficient (Wildman–Crippen LogP) is 4.41.